The molecule has 0 aliphatic carbocycles. The van der Waals surface area contributed by atoms with Crippen LogP contribution < -0.4 is 16.0 Å². The van der Waals surface area contributed by atoms with Gasteiger partial charge in [0.05, 0.1) is 61.0 Å². The van der Waals surface area contributed by atoms with Gasteiger partial charge in [-0.15, -0.1) is 0 Å². The summed E-state index contributed by atoms with van der Waals surface area (Å²) in [5.74, 6) is -5.33. The van der Waals surface area contributed by atoms with E-state index >= 15 is 0 Å². The van der Waals surface area contributed by atoms with Gasteiger partial charge in [0.1, 0.15) is 60.4 Å². The number of hydrogen-bond donors (Lipinski definition) is 13. The third kappa shape index (κ3) is 17.4. The van der Waals surface area contributed by atoms with Crippen LogP contribution in [0.1, 0.15) is 103 Å². The lowest BCUT2D eigenvalue weighted by molar-refractivity contribution is -0.156. The fourth-order valence-electron chi connectivity index (χ4n) is 16.4. The normalized spacial score (nSPS) is 33.8. The summed E-state index contributed by atoms with van der Waals surface area (Å²) in [6.45, 7) is -1.28. The molecule has 0 aromatic rings. The van der Waals surface area contributed by atoms with E-state index in [1.54, 1.807) is 6.92 Å². The first kappa shape index (κ1) is 78.1. The Balaban J connectivity index is 0.779. The highest BCUT2D eigenvalue weighted by Crippen LogP contribution is 2.37. The Morgan fingerprint density at radius 2 is 0.588 bits per heavy atom. The number of hydrogen-bond acceptors (Lipinski definition) is 25. The van der Waals surface area contributed by atoms with Crippen molar-refractivity contribution in [2.75, 3.05) is 97.1 Å². The summed E-state index contributed by atoms with van der Waals surface area (Å²) in [6.07, 6.45) is -13.1. The first-order valence-corrected chi connectivity index (χ1v) is 37.8. The summed E-state index contributed by atoms with van der Waals surface area (Å²) in [6, 6.07) is -11.6. The van der Waals surface area contributed by atoms with E-state index in [-0.39, 0.29) is 109 Å². The summed E-state index contributed by atoms with van der Waals surface area (Å²) >= 11 is 0. The second kappa shape index (κ2) is 34.1. The van der Waals surface area contributed by atoms with E-state index in [0.29, 0.717) is 17.9 Å². The van der Waals surface area contributed by atoms with Crippen LogP contribution in [0.3, 0.4) is 0 Å². The SMILES string of the molecule is CC#CNC(=O)CCSSCCNC(=O)C1CC(O)CN1C(=O)C1CC(O)CN1C(=O)C1CC(O)CN1C(=O)C1CC(O)CN1C(=O)C1CC(O)CN1C(=O)C1CC(O)CN1C(=O)C1CC(O)CN1C(=O)C1CC(O)CN1C(=O)C1CC(O)CN1C(=O)C1CC(O)CN1C(=O)CCCCCNC. The lowest BCUT2D eigenvalue weighted by Crippen LogP contribution is -2.59. The third-order valence-corrected chi connectivity index (χ3v) is 23.6. The van der Waals surface area contributed by atoms with Crippen LogP contribution in [0.5, 0.6) is 0 Å². The molecule has 10 aliphatic heterocycles. The Hall–Kier alpha value is -6.54. The molecule has 13 N–H and O–H groups in total. The van der Waals surface area contributed by atoms with E-state index < -0.39 is 233 Å². The minimum Gasteiger partial charge on any atom is -0.391 e. The van der Waals surface area contributed by atoms with Crippen molar-refractivity contribution in [3.05, 3.63) is 0 Å². The zero-order valence-corrected chi connectivity index (χ0v) is 58.8. The second-order valence-electron chi connectivity index (χ2n) is 28.5. The number of aliphatic hydroxyl groups is 10. The minimum absolute atomic E-state index is 0.115. The van der Waals surface area contributed by atoms with E-state index in [1.807, 2.05) is 7.05 Å². The summed E-state index contributed by atoms with van der Waals surface area (Å²) in [7, 11) is 4.63. The van der Waals surface area contributed by atoms with Crippen molar-refractivity contribution in [3.8, 4) is 12.0 Å². The van der Waals surface area contributed by atoms with Crippen molar-refractivity contribution < 1.29 is 109 Å². The van der Waals surface area contributed by atoms with E-state index in [1.165, 1.54) is 26.5 Å². The van der Waals surface area contributed by atoms with Crippen LogP contribution in [-0.2, 0) is 57.5 Å². The van der Waals surface area contributed by atoms with Crippen LogP contribution in [0, 0.1) is 12.0 Å². The van der Waals surface area contributed by atoms with Gasteiger partial charge in [-0.2, -0.15) is 0 Å². The van der Waals surface area contributed by atoms with Crippen molar-refractivity contribution >= 4 is 92.5 Å². The monoisotopic (exact) mass is 1480 g/mol. The highest BCUT2D eigenvalue weighted by molar-refractivity contribution is 8.76. The Kier molecular flexibility index (Phi) is 26.1. The molecule has 0 radical (unpaired) electrons. The molecule has 102 heavy (non-hydrogen) atoms. The highest BCUT2D eigenvalue weighted by atomic mass is 33.1. The number of β-amino-alcohol motifs (C(OH)–C–C–N with tert-alkyl or cyclic N) is 10. The van der Waals surface area contributed by atoms with Crippen molar-refractivity contribution in [2.24, 2.45) is 0 Å². The number of nitrogens with one attached hydrogen (secondary N) is 3. The highest BCUT2D eigenvalue weighted by Gasteiger charge is 2.57. The van der Waals surface area contributed by atoms with Gasteiger partial charge in [-0.25, -0.2) is 0 Å². The molecular formula is C65H97N13O22S2. The molecule has 10 saturated heterocycles. The predicted molar refractivity (Wildman–Crippen MR) is 358 cm³/mol. The van der Waals surface area contributed by atoms with Crippen LogP contribution in [0.4, 0.5) is 0 Å². The van der Waals surface area contributed by atoms with Gasteiger partial charge in [0.2, 0.25) is 70.9 Å². The van der Waals surface area contributed by atoms with E-state index in [9.17, 15) is 109 Å². The number of carbonyl (C=O) groups is 12. The second-order valence-corrected chi connectivity index (χ2v) is 31.2. The van der Waals surface area contributed by atoms with Gasteiger partial charge in [-0.3, -0.25) is 62.9 Å². The van der Waals surface area contributed by atoms with Crippen LogP contribution in [-0.4, -0.2) is 389 Å². The number of carbonyl (C=O) groups excluding carboxylic acids is 12. The largest absolute Gasteiger partial charge is 0.391 e. The van der Waals surface area contributed by atoms with Crippen LogP contribution in [0.25, 0.3) is 0 Å². The molecule has 37 heteroatoms. The molecule has 10 fully saturated rings. The quantitative estimate of drug-likeness (QED) is 0.0196. The van der Waals surface area contributed by atoms with E-state index in [0.717, 1.165) is 63.5 Å². The lowest BCUT2D eigenvalue weighted by Gasteiger charge is -2.37. The molecular weight excluding hydrogens is 1380 g/mol. The first-order chi connectivity index (χ1) is 48.6. The van der Waals surface area contributed by atoms with E-state index in [4.69, 9.17) is 0 Å². The molecule has 10 rings (SSSR count). The molecule has 0 aromatic carbocycles. The van der Waals surface area contributed by atoms with Crippen LogP contribution in [0.2, 0.25) is 0 Å². The number of unbranched alkanes of at least 4 members (excludes halogenated alkanes) is 2. The van der Waals surface area contributed by atoms with Gasteiger partial charge in [-0.1, -0.05) is 33.9 Å². The van der Waals surface area contributed by atoms with Crippen molar-refractivity contribution in [3.63, 3.8) is 0 Å². The van der Waals surface area contributed by atoms with Crippen LogP contribution >= 0.6 is 21.6 Å². The number of aliphatic hydroxyl groups excluding tert-OH is 10. The zero-order valence-electron chi connectivity index (χ0n) is 57.2. The standard InChI is InChI=1S/C65H97N13O22S2/c1-3-9-67-54(89)8-12-101-102-13-11-68-56(91)44-14-34(79)25-70(44)58(93)46-16-36(81)27-72(46)60(95)48-18-38(83)29-74(48)62(97)50-20-40(85)31-76(50)64(99)52-22-42(87)33-78(52)65(100)53-23-43(88)32-77(53)63(98)51-21-41(86)30-75(51)61(96)49-19-39(84)28-73(49)59(94)47-17-37(82)26-71(47)57(92)45-15-35(80)24-69(45)55(90)7-5-4-6-10-66-2/h34-53,66,79-88H,4-8,10-33H2,1-2H3,(H,67,89)(H,68,91). The maximum Gasteiger partial charge on any atom is 0.246 e. The van der Waals surface area contributed by atoms with Crippen molar-refractivity contribution in [1.29, 1.82) is 0 Å². The minimum atomic E-state index is -1.54. The molecule has 20 atom stereocenters. The number of nitrogens with zero attached hydrogens (tertiary/aromatic N) is 10. The average Bonchev–Trinajstić information content (AvgIpc) is 1.61. The molecule has 0 aromatic heterocycles. The lowest BCUT2D eigenvalue weighted by atomic mass is 10.1. The third-order valence-electron chi connectivity index (χ3n) is 21.2. The van der Waals surface area contributed by atoms with Crippen molar-refractivity contribution in [2.45, 2.75) is 225 Å². The molecule has 566 valence electrons. The number of amides is 12. The van der Waals surface area contributed by atoms with Gasteiger partial charge in [0.15, 0.2) is 0 Å². The molecule has 10 heterocycles. The van der Waals surface area contributed by atoms with Gasteiger partial charge in [0.25, 0.3) is 0 Å². The molecule has 35 nitrogen and oxygen atoms in total. The summed E-state index contributed by atoms with van der Waals surface area (Å²) < 4.78 is 0. The topological polar surface area (TPSA) is 476 Å². The Morgan fingerprint density at radius 1 is 0.333 bits per heavy atom. The maximum atomic E-state index is 15.0. The summed E-state index contributed by atoms with van der Waals surface area (Å²) in [5.41, 5.74) is 0. The van der Waals surface area contributed by atoms with Crippen molar-refractivity contribution in [1.82, 2.24) is 64.9 Å². The predicted octanol–water partition coefficient (Wildman–Crippen LogP) is -8.63. The molecule has 0 spiro atoms. The Morgan fingerprint density at radius 3 is 0.873 bits per heavy atom. The van der Waals surface area contributed by atoms with Gasteiger partial charge >= 0.3 is 0 Å². The van der Waals surface area contributed by atoms with Gasteiger partial charge < -0.3 is 111 Å². The smallest absolute Gasteiger partial charge is 0.246 e. The molecule has 0 bridgehead atoms. The summed E-state index contributed by atoms with van der Waals surface area (Å²) in [5, 5.41) is 119. The molecule has 0 saturated carbocycles. The molecule has 12 amide bonds. The fourth-order valence-corrected chi connectivity index (χ4v) is 18.3. The molecule has 20 unspecified atom stereocenters. The zero-order chi connectivity index (χ0) is 73.7. The van der Waals surface area contributed by atoms with Gasteiger partial charge in [0, 0.05) is 167 Å². The molecule has 10 aliphatic rings. The average molecular weight is 1480 g/mol. The first-order valence-electron chi connectivity index (χ1n) is 35.3. The Labute approximate surface area is 597 Å². The van der Waals surface area contributed by atoms with Crippen LogP contribution in [0.15, 0.2) is 0 Å². The summed E-state index contributed by atoms with van der Waals surface area (Å²) in [4.78, 5) is 183. The maximum absolute atomic E-state index is 15.0. The van der Waals surface area contributed by atoms with Gasteiger partial charge in [-0.05, 0) is 33.4 Å². The number of likely N-dealkylation sites (tertiary alicyclic amines) is 10. The van der Waals surface area contributed by atoms with E-state index in [2.05, 4.69) is 27.9 Å². The number of rotatable bonds is 23. The fraction of sp³-hybridized carbons (Fsp3) is 0.785. The Bertz CT molecular complexity index is 3230.